The van der Waals surface area contributed by atoms with E-state index in [4.69, 9.17) is 16.3 Å². The topological polar surface area (TPSA) is 63.0 Å². The molecule has 138 valence electrons. The van der Waals surface area contributed by atoms with Crippen LogP contribution in [0.3, 0.4) is 0 Å². The van der Waals surface area contributed by atoms with Gasteiger partial charge in [-0.3, -0.25) is 10.1 Å². The number of carbonyl (C=O) groups is 1. The zero-order valence-corrected chi connectivity index (χ0v) is 15.7. The Balaban J connectivity index is 1.72. The number of carbonyl (C=O) groups excluding carboxylic acids is 1. The molecule has 0 aliphatic carbocycles. The SMILES string of the molecule is O=C1COC(=NN=C2c3cc(F)c(Cl)cc3SCC2Cc2ccccc2)N1. The average Bonchev–Trinajstić information content (AvgIpc) is 3.08. The molecule has 0 spiro atoms. The van der Waals surface area contributed by atoms with Crippen LogP contribution in [0.5, 0.6) is 0 Å². The monoisotopic (exact) mass is 403 g/mol. The molecule has 1 N–H and O–H groups in total. The van der Waals surface area contributed by atoms with Crippen molar-refractivity contribution in [2.45, 2.75) is 11.3 Å². The number of benzene rings is 2. The Hall–Kier alpha value is -2.38. The first kappa shape index (κ1) is 18.0. The first-order valence-electron chi connectivity index (χ1n) is 8.34. The van der Waals surface area contributed by atoms with Crippen LogP contribution >= 0.6 is 23.4 Å². The fraction of sp³-hybridized carbons (Fsp3) is 0.211. The number of ether oxygens (including phenoxy) is 1. The molecule has 2 aliphatic heterocycles. The van der Waals surface area contributed by atoms with Crippen LogP contribution in [0.15, 0.2) is 57.6 Å². The smallest absolute Gasteiger partial charge is 0.316 e. The van der Waals surface area contributed by atoms with Crippen molar-refractivity contribution in [3.8, 4) is 0 Å². The van der Waals surface area contributed by atoms with Gasteiger partial charge in [0.1, 0.15) is 5.82 Å². The van der Waals surface area contributed by atoms with Gasteiger partial charge in [-0.2, -0.15) is 0 Å². The second-order valence-corrected chi connectivity index (χ2v) is 7.66. The molecule has 0 bridgehead atoms. The predicted molar refractivity (Wildman–Crippen MR) is 104 cm³/mol. The minimum atomic E-state index is -0.498. The fourth-order valence-electron chi connectivity index (χ4n) is 3.01. The Morgan fingerprint density at radius 2 is 2.07 bits per heavy atom. The molecule has 1 unspecified atom stereocenters. The van der Waals surface area contributed by atoms with Crippen molar-refractivity contribution in [2.75, 3.05) is 12.4 Å². The number of hydrogen-bond donors (Lipinski definition) is 1. The van der Waals surface area contributed by atoms with Gasteiger partial charge in [-0.1, -0.05) is 47.0 Å². The predicted octanol–water partition coefficient (Wildman–Crippen LogP) is 3.65. The maximum Gasteiger partial charge on any atom is 0.316 e. The third-order valence-electron chi connectivity index (χ3n) is 4.28. The van der Waals surface area contributed by atoms with Gasteiger partial charge in [0.05, 0.1) is 10.7 Å². The summed E-state index contributed by atoms with van der Waals surface area (Å²) in [6.07, 6.45) is 0.744. The summed E-state index contributed by atoms with van der Waals surface area (Å²) in [5, 5.41) is 10.9. The number of hydrogen-bond acceptors (Lipinski definition) is 5. The van der Waals surface area contributed by atoms with Crippen LogP contribution in [0.1, 0.15) is 11.1 Å². The molecule has 8 heteroatoms. The summed E-state index contributed by atoms with van der Waals surface area (Å²) in [6, 6.07) is 13.1. The Bertz CT molecular complexity index is 949. The van der Waals surface area contributed by atoms with Crippen LogP contribution in [-0.4, -0.2) is 30.0 Å². The number of amidine groups is 1. The molecule has 2 heterocycles. The molecule has 2 aromatic rings. The van der Waals surface area contributed by atoms with Crippen LogP contribution in [-0.2, 0) is 16.0 Å². The number of thioether (sulfide) groups is 1. The summed E-state index contributed by atoms with van der Waals surface area (Å²) in [6.45, 7) is -0.0756. The largest absolute Gasteiger partial charge is 0.454 e. The zero-order chi connectivity index (χ0) is 18.8. The normalized spacial score (nSPS) is 21.9. The van der Waals surface area contributed by atoms with Gasteiger partial charge in [0, 0.05) is 22.1 Å². The van der Waals surface area contributed by atoms with Gasteiger partial charge in [-0.15, -0.1) is 16.9 Å². The van der Waals surface area contributed by atoms with Gasteiger partial charge in [0.2, 0.25) is 0 Å². The highest BCUT2D eigenvalue weighted by molar-refractivity contribution is 7.99. The first-order chi connectivity index (χ1) is 13.1. The van der Waals surface area contributed by atoms with Crippen LogP contribution in [0.25, 0.3) is 0 Å². The summed E-state index contributed by atoms with van der Waals surface area (Å²) >= 11 is 7.55. The number of fused-ring (bicyclic) bond motifs is 1. The molecule has 5 nitrogen and oxygen atoms in total. The van der Waals surface area contributed by atoms with Gasteiger partial charge in [0.25, 0.3) is 5.91 Å². The quantitative estimate of drug-likeness (QED) is 0.795. The molecular formula is C19H15ClFN3O2S. The van der Waals surface area contributed by atoms with E-state index in [2.05, 4.69) is 15.5 Å². The lowest BCUT2D eigenvalue weighted by atomic mass is 9.91. The van der Waals surface area contributed by atoms with E-state index >= 15 is 0 Å². The van der Waals surface area contributed by atoms with Crippen LogP contribution in [0.2, 0.25) is 5.02 Å². The molecule has 27 heavy (non-hydrogen) atoms. The van der Waals surface area contributed by atoms with Gasteiger partial charge in [-0.05, 0) is 24.1 Å². The van der Waals surface area contributed by atoms with Crippen LogP contribution in [0.4, 0.5) is 4.39 Å². The molecule has 1 fully saturated rings. The zero-order valence-electron chi connectivity index (χ0n) is 14.1. The minimum Gasteiger partial charge on any atom is -0.454 e. The van der Waals surface area contributed by atoms with E-state index < -0.39 is 5.82 Å². The van der Waals surface area contributed by atoms with Crippen molar-refractivity contribution in [1.82, 2.24) is 5.32 Å². The number of nitrogens with one attached hydrogen (secondary N) is 1. The maximum atomic E-state index is 14.1. The lowest BCUT2D eigenvalue weighted by molar-refractivity contribution is -0.119. The number of rotatable bonds is 3. The van der Waals surface area contributed by atoms with E-state index in [0.717, 1.165) is 22.6 Å². The molecule has 0 aromatic heterocycles. The van der Waals surface area contributed by atoms with Gasteiger partial charge >= 0.3 is 6.02 Å². The van der Waals surface area contributed by atoms with Crippen molar-refractivity contribution >= 4 is 41.0 Å². The van der Waals surface area contributed by atoms with Crippen molar-refractivity contribution < 1.29 is 13.9 Å². The third-order valence-corrected chi connectivity index (χ3v) is 5.79. The van der Waals surface area contributed by atoms with E-state index in [1.807, 2.05) is 30.3 Å². The Kier molecular flexibility index (Phi) is 5.13. The summed E-state index contributed by atoms with van der Waals surface area (Å²) in [4.78, 5) is 12.1. The molecule has 2 aromatic carbocycles. The second kappa shape index (κ2) is 7.70. The van der Waals surface area contributed by atoms with Crippen molar-refractivity contribution in [1.29, 1.82) is 0 Å². The van der Waals surface area contributed by atoms with E-state index in [0.29, 0.717) is 11.3 Å². The van der Waals surface area contributed by atoms with Crippen molar-refractivity contribution in [3.05, 3.63) is 64.4 Å². The highest BCUT2D eigenvalue weighted by Crippen LogP contribution is 2.37. The van der Waals surface area contributed by atoms with E-state index in [9.17, 15) is 9.18 Å². The van der Waals surface area contributed by atoms with Gasteiger partial charge in [-0.25, -0.2) is 4.39 Å². The number of nitrogens with zero attached hydrogens (tertiary/aromatic N) is 2. The van der Waals surface area contributed by atoms with Crippen LogP contribution in [0, 0.1) is 11.7 Å². The van der Waals surface area contributed by atoms with Crippen molar-refractivity contribution in [3.63, 3.8) is 0 Å². The summed E-state index contributed by atoms with van der Waals surface area (Å²) in [7, 11) is 0. The van der Waals surface area contributed by atoms with E-state index in [-0.39, 0.29) is 29.5 Å². The highest BCUT2D eigenvalue weighted by atomic mass is 35.5. The third kappa shape index (κ3) is 3.99. The lowest BCUT2D eigenvalue weighted by Gasteiger charge is -2.26. The highest BCUT2D eigenvalue weighted by Gasteiger charge is 2.28. The standard InChI is InChI=1S/C19H15ClFN3O2S/c20-14-8-16-13(7-15(14)21)18(23-24-19-22-17(25)9-26-19)12(10-27-16)6-11-4-2-1-3-5-11/h1-5,7-8,12H,6,9-10H2,(H,22,24,25). The molecule has 1 atom stereocenters. The summed E-state index contributed by atoms with van der Waals surface area (Å²) in [5.41, 5.74) is 2.48. The molecule has 2 aliphatic rings. The molecular weight excluding hydrogens is 389 g/mol. The fourth-order valence-corrected chi connectivity index (χ4v) is 4.41. The summed E-state index contributed by atoms with van der Waals surface area (Å²) in [5.74, 6) is 0.0297. The maximum absolute atomic E-state index is 14.1. The van der Waals surface area contributed by atoms with E-state index in [1.54, 1.807) is 17.8 Å². The number of amides is 1. The van der Waals surface area contributed by atoms with E-state index in [1.165, 1.54) is 6.07 Å². The molecule has 1 saturated heterocycles. The van der Waals surface area contributed by atoms with Crippen molar-refractivity contribution in [2.24, 2.45) is 16.1 Å². The Morgan fingerprint density at radius 3 is 2.81 bits per heavy atom. The number of halogens is 2. The second-order valence-electron chi connectivity index (χ2n) is 6.19. The molecule has 4 rings (SSSR count). The Morgan fingerprint density at radius 1 is 1.26 bits per heavy atom. The van der Waals surface area contributed by atoms with Gasteiger partial charge < -0.3 is 4.74 Å². The summed E-state index contributed by atoms with van der Waals surface area (Å²) < 4.78 is 19.2. The van der Waals surface area contributed by atoms with Gasteiger partial charge in [0.15, 0.2) is 6.61 Å². The lowest BCUT2D eigenvalue weighted by Crippen LogP contribution is -2.26. The van der Waals surface area contributed by atoms with Crippen LogP contribution < -0.4 is 5.32 Å². The average molecular weight is 404 g/mol. The Labute approximate surface area is 164 Å². The minimum absolute atomic E-state index is 0.0342. The molecule has 1 amide bonds. The first-order valence-corrected chi connectivity index (χ1v) is 9.71. The molecule has 0 saturated carbocycles. The molecule has 0 radical (unpaired) electrons.